The maximum absolute atomic E-state index is 5.05. The highest BCUT2D eigenvalue weighted by Crippen LogP contribution is 2.23. The second-order valence-corrected chi connectivity index (χ2v) is 4.88. The van der Waals surface area contributed by atoms with Gasteiger partial charge in [-0.25, -0.2) is 0 Å². The molecule has 0 unspecified atom stereocenters. The molecule has 0 aliphatic carbocycles. The van der Waals surface area contributed by atoms with E-state index >= 15 is 0 Å². The molecule has 1 aromatic rings. The Kier molecular flexibility index (Phi) is 3.97. The van der Waals surface area contributed by atoms with Gasteiger partial charge < -0.3 is 0 Å². The molecule has 0 aliphatic heterocycles. The second kappa shape index (κ2) is 4.80. The van der Waals surface area contributed by atoms with Gasteiger partial charge in [0.1, 0.15) is 3.53 Å². The van der Waals surface area contributed by atoms with Crippen LogP contribution >= 0.6 is 35.7 Å². The van der Waals surface area contributed by atoms with E-state index < -0.39 is 0 Å². The molecule has 0 bridgehead atoms. The number of hydrogen-bond acceptors (Lipinski definition) is 3. The predicted molar refractivity (Wildman–Crippen MR) is 57.2 cm³/mol. The van der Waals surface area contributed by atoms with Crippen LogP contribution in [0.5, 0.6) is 0 Å². The van der Waals surface area contributed by atoms with Gasteiger partial charge >= 0.3 is 0 Å². The van der Waals surface area contributed by atoms with Crippen LogP contribution in [-0.4, -0.2) is 9.78 Å². The Morgan fingerprint density at radius 3 is 3.00 bits per heavy atom. The fourth-order valence-electron chi connectivity index (χ4n) is 0.578. The Morgan fingerprint density at radius 1 is 1.64 bits per heavy atom. The van der Waals surface area contributed by atoms with Crippen LogP contribution in [0.25, 0.3) is 0 Å². The Morgan fingerprint density at radius 2 is 2.45 bits per heavy atom. The summed E-state index contributed by atoms with van der Waals surface area (Å²) in [6.07, 6.45) is 1.99. The maximum Gasteiger partial charge on any atom is 0.108 e. The van der Waals surface area contributed by atoms with Crippen molar-refractivity contribution in [1.29, 1.82) is 0 Å². The van der Waals surface area contributed by atoms with E-state index in [1.807, 2.05) is 30.5 Å². The SMILES string of the molecule is CSC(=S)Sc1c[c]ccc1. The molecule has 0 spiro atoms. The van der Waals surface area contributed by atoms with Gasteiger partial charge in [0, 0.05) is 4.90 Å². The van der Waals surface area contributed by atoms with Crippen molar-refractivity contribution in [1.82, 2.24) is 0 Å². The minimum absolute atomic E-state index is 0.949. The third kappa shape index (κ3) is 3.27. The quantitative estimate of drug-likeness (QED) is 0.503. The van der Waals surface area contributed by atoms with Crippen LogP contribution in [0.2, 0.25) is 0 Å². The standard InChI is InChI=1S/C8H7S3/c1-10-8(9)11-7-5-3-2-4-6-7/h2-3,5-6H,1H3. The highest BCUT2D eigenvalue weighted by Gasteiger charge is 1.95. The molecule has 0 nitrogen and oxygen atoms in total. The number of rotatable bonds is 1. The van der Waals surface area contributed by atoms with Crippen LogP contribution < -0.4 is 0 Å². The van der Waals surface area contributed by atoms with E-state index in [1.54, 1.807) is 23.5 Å². The van der Waals surface area contributed by atoms with Crippen molar-refractivity contribution >= 4 is 39.3 Å². The zero-order chi connectivity index (χ0) is 8.10. The summed E-state index contributed by atoms with van der Waals surface area (Å²) in [4.78, 5) is 1.16. The molecule has 0 N–H and O–H groups in total. The molecule has 0 saturated carbocycles. The molecule has 0 fully saturated rings. The molecule has 3 heteroatoms. The average molecular weight is 199 g/mol. The molecule has 0 atom stereocenters. The summed E-state index contributed by atoms with van der Waals surface area (Å²) in [6.45, 7) is 0. The van der Waals surface area contributed by atoms with Crippen LogP contribution in [0.4, 0.5) is 0 Å². The minimum atomic E-state index is 0.949. The van der Waals surface area contributed by atoms with Crippen molar-refractivity contribution in [3.05, 3.63) is 30.3 Å². The molecule has 0 aromatic heterocycles. The van der Waals surface area contributed by atoms with Crippen LogP contribution in [0.1, 0.15) is 0 Å². The van der Waals surface area contributed by atoms with Gasteiger partial charge in [0.15, 0.2) is 0 Å². The fraction of sp³-hybridized carbons (Fsp3) is 0.125. The van der Waals surface area contributed by atoms with Crippen molar-refractivity contribution in [3.63, 3.8) is 0 Å². The predicted octanol–water partition coefficient (Wildman–Crippen LogP) is 3.23. The lowest BCUT2D eigenvalue weighted by Crippen LogP contribution is -1.77. The normalized spacial score (nSPS) is 9.55. The summed E-state index contributed by atoms with van der Waals surface area (Å²) < 4.78 is 0.949. The highest BCUT2D eigenvalue weighted by atomic mass is 32.2. The maximum atomic E-state index is 5.05. The molecule has 11 heavy (non-hydrogen) atoms. The average Bonchev–Trinajstić information content (AvgIpc) is 2.06. The van der Waals surface area contributed by atoms with Gasteiger partial charge in [-0.1, -0.05) is 36.1 Å². The monoisotopic (exact) mass is 199 g/mol. The van der Waals surface area contributed by atoms with Crippen molar-refractivity contribution in [2.24, 2.45) is 0 Å². The van der Waals surface area contributed by atoms with E-state index in [4.69, 9.17) is 12.2 Å². The Balaban J connectivity index is 2.58. The number of benzene rings is 1. The Hall–Kier alpha value is 0.01000. The van der Waals surface area contributed by atoms with Crippen molar-refractivity contribution in [3.8, 4) is 0 Å². The zero-order valence-electron chi connectivity index (χ0n) is 6.03. The van der Waals surface area contributed by atoms with Gasteiger partial charge in [-0.05, 0) is 24.5 Å². The molecule has 0 heterocycles. The molecular formula is C8H7S3. The second-order valence-electron chi connectivity index (χ2n) is 1.80. The minimum Gasteiger partial charge on any atom is -0.111 e. The third-order valence-corrected chi connectivity index (χ3v) is 3.54. The van der Waals surface area contributed by atoms with E-state index in [1.165, 1.54) is 0 Å². The van der Waals surface area contributed by atoms with Crippen LogP contribution in [0.15, 0.2) is 29.2 Å². The van der Waals surface area contributed by atoms with Gasteiger partial charge in [-0.15, -0.1) is 11.8 Å². The summed E-state index contributed by atoms with van der Waals surface area (Å²) in [7, 11) is 0. The molecule has 1 radical (unpaired) electrons. The lowest BCUT2D eigenvalue weighted by atomic mass is 10.4. The summed E-state index contributed by atoms with van der Waals surface area (Å²) >= 11 is 8.26. The van der Waals surface area contributed by atoms with E-state index in [0.717, 1.165) is 8.42 Å². The van der Waals surface area contributed by atoms with Crippen molar-refractivity contribution < 1.29 is 0 Å². The van der Waals surface area contributed by atoms with E-state index in [0.29, 0.717) is 0 Å². The molecule has 0 amide bonds. The summed E-state index contributed by atoms with van der Waals surface area (Å²) in [5.41, 5.74) is 0. The fourth-order valence-corrected chi connectivity index (χ4v) is 1.95. The first-order chi connectivity index (χ1) is 5.33. The first kappa shape index (κ1) is 9.10. The van der Waals surface area contributed by atoms with Gasteiger partial charge in [0.25, 0.3) is 0 Å². The highest BCUT2D eigenvalue weighted by molar-refractivity contribution is 8.47. The molecule has 0 saturated heterocycles. The summed E-state index contributed by atoms with van der Waals surface area (Å²) in [6, 6.07) is 10.8. The molecule has 57 valence electrons. The third-order valence-electron chi connectivity index (χ3n) is 1.05. The first-order valence-corrected chi connectivity index (χ1v) is 5.50. The van der Waals surface area contributed by atoms with Gasteiger partial charge in [0.05, 0.1) is 0 Å². The van der Waals surface area contributed by atoms with Crippen LogP contribution in [0, 0.1) is 6.07 Å². The molecule has 1 aromatic carbocycles. The molecule has 1 rings (SSSR count). The molecule has 0 aliphatic rings. The molecular weight excluding hydrogens is 192 g/mol. The summed E-state index contributed by atoms with van der Waals surface area (Å²) in [5, 5.41) is 0. The van der Waals surface area contributed by atoms with Gasteiger partial charge in [-0.3, -0.25) is 0 Å². The lowest BCUT2D eigenvalue weighted by Gasteiger charge is -1.97. The van der Waals surface area contributed by atoms with E-state index in [9.17, 15) is 0 Å². The van der Waals surface area contributed by atoms with Gasteiger partial charge in [0.2, 0.25) is 0 Å². The lowest BCUT2D eigenvalue weighted by molar-refractivity contribution is 1.47. The Labute approximate surface area is 80.8 Å². The first-order valence-electron chi connectivity index (χ1n) is 3.05. The van der Waals surface area contributed by atoms with Crippen molar-refractivity contribution in [2.75, 3.05) is 6.26 Å². The smallest absolute Gasteiger partial charge is 0.108 e. The van der Waals surface area contributed by atoms with Crippen LogP contribution in [-0.2, 0) is 0 Å². The Bertz CT molecular complexity index is 230. The van der Waals surface area contributed by atoms with Crippen LogP contribution in [0.3, 0.4) is 0 Å². The number of thiocarbonyl (C=S) groups is 1. The topological polar surface area (TPSA) is 0 Å². The number of hydrogen-bond donors (Lipinski definition) is 0. The summed E-state index contributed by atoms with van der Waals surface area (Å²) in [5.74, 6) is 0. The van der Waals surface area contributed by atoms with E-state index in [2.05, 4.69) is 6.07 Å². The number of thioether (sulfide) groups is 2. The zero-order valence-corrected chi connectivity index (χ0v) is 8.48. The van der Waals surface area contributed by atoms with Gasteiger partial charge in [-0.2, -0.15) is 0 Å². The van der Waals surface area contributed by atoms with Crippen molar-refractivity contribution in [2.45, 2.75) is 4.90 Å². The van der Waals surface area contributed by atoms with E-state index in [-0.39, 0.29) is 0 Å². The largest absolute Gasteiger partial charge is 0.111 e.